The van der Waals surface area contributed by atoms with Gasteiger partial charge in [0.25, 0.3) is 0 Å². The van der Waals surface area contributed by atoms with E-state index in [1.165, 1.54) is 22.3 Å². The fraction of sp³-hybridized carbons (Fsp3) is 0.294. The van der Waals surface area contributed by atoms with Gasteiger partial charge >= 0.3 is 0 Å². The van der Waals surface area contributed by atoms with Gasteiger partial charge in [-0.15, -0.1) is 0 Å². The Morgan fingerprint density at radius 1 is 0.889 bits per heavy atom. The zero-order chi connectivity index (χ0) is 13.3. The molecule has 0 saturated heterocycles. The molecule has 0 nitrogen and oxygen atoms in total. The van der Waals surface area contributed by atoms with E-state index in [1.807, 2.05) is 18.2 Å². The minimum atomic E-state index is 0.166. The second kappa shape index (κ2) is 4.78. The Morgan fingerprint density at radius 2 is 1.61 bits per heavy atom. The van der Waals surface area contributed by atoms with E-state index in [0.29, 0.717) is 0 Å². The molecule has 0 aromatic heterocycles. The molecule has 2 rings (SSSR count). The predicted molar refractivity (Wildman–Crippen MR) is 80.3 cm³/mol. The molecule has 94 valence electrons. The Labute approximate surface area is 115 Å². The molecule has 0 aliphatic carbocycles. The molecule has 2 aromatic rings. The molecular weight excluding hydrogens is 240 g/mol. The molecule has 2 aromatic carbocycles. The average Bonchev–Trinajstić information content (AvgIpc) is 2.27. The van der Waals surface area contributed by atoms with E-state index < -0.39 is 0 Å². The van der Waals surface area contributed by atoms with Gasteiger partial charge in [-0.25, -0.2) is 0 Å². The quantitative estimate of drug-likeness (QED) is 0.623. The van der Waals surface area contributed by atoms with Crippen molar-refractivity contribution in [1.29, 1.82) is 0 Å². The predicted octanol–water partition coefficient (Wildman–Crippen LogP) is 5.61. The third-order valence-corrected chi connectivity index (χ3v) is 3.34. The van der Waals surface area contributed by atoms with Crippen LogP contribution in [0.5, 0.6) is 0 Å². The Balaban J connectivity index is 2.55. The topological polar surface area (TPSA) is 0 Å². The lowest BCUT2D eigenvalue weighted by atomic mass is 9.84. The smallest absolute Gasteiger partial charge is 0.0412 e. The van der Waals surface area contributed by atoms with Crippen LogP contribution in [0, 0.1) is 6.92 Å². The van der Waals surface area contributed by atoms with Crippen molar-refractivity contribution in [3.63, 3.8) is 0 Å². The monoisotopic (exact) mass is 258 g/mol. The van der Waals surface area contributed by atoms with Crippen LogP contribution in [0.25, 0.3) is 11.1 Å². The molecular formula is C17H19Cl. The fourth-order valence-corrected chi connectivity index (χ4v) is 2.24. The van der Waals surface area contributed by atoms with Crippen molar-refractivity contribution in [2.45, 2.75) is 33.1 Å². The van der Waals surface area contributed by atoms with Crippen LogP contribution in [-0.4, -0.2) is 0 Å². The Hall–Kier alpha value is -1.27. The van der Waals surface area contributed by atoms with Gasteiger partial charge in [-0.2, -0.15) is 0 Å². The van der Waals surface area contributed by atoms with Gasteiger partial charge in [0.15, 0.2) is 0 Å². The van der Waals surface area contributed by atoms with Crippen LogP contribution in [0.3, 0.4) is 0 Å². The van der Waals surface area contributed by atoms with Gasteiger partial charge in [0.05, 0.1) is 0 Å². The first-order valence-electron chi connectivity index (χ1n) is 6.24. The summed E-state index contributed by atoms with van der Waals surface area (Å²) in [6.45, 7) is 8.86. The normalized spacial score (nSPS) is 11.6. The lowest BCUT2D eigenvalue weighted by Gasteiger charge is -2.21. The molecule has 0 unspecified atom stereocenters. The molecule has 0 saturated carbocycles. The van der Waals surface area contributed by atoms with Gasteiger partial charge in [-0.3, -0.25) is 0 Å². The summed E-state index contributed by atoms with van der Waals surface area (Å²) in [5, 5.41) is 0.784. The van der Waals surface area contributed by atoms with Gasteiger partial charge in [-0.1, -0.05) is 68.3 Å². The zero-order valence-corrected chi connectivity index (χ0v) is 12.2. The van der Waals surface area contributed by atoms with E-state index >= 15 is 0 Å². The third kappa shape index (κ3) is 2.94. The average molecular weight is 259 g/mol. The molecule has 0 radical (unpaired) electrons. The summed E-state index contributed by atoms with van der Waals surface area (Å²) in [4.78, 5) is 0. The molecule has 1 heteroatoms. The highest BCUT2D eigenvalue weighted by Crippen LogP contribution is 2.30. The molecule has 0 spiro atoms. The highest BCUT2D eigenvalue weighted by atomic mass is 35.5. The minimum absolute atomic E-state index is 0.166. The van der Waals surface area contributed by atoms with Crippen molar-refractivity contribution in [2.75, 3.05) is 0 Å². The summed E-state index contributed by atoms with van der Waals surface area (Å²) >= 11 is 6.06. The third-order valence-electron chi connectivity index (χ3n) is 3.10. The number of hydrogen-bond donors (Lipinski definition) is 0. The number of aryl methyl sites for hydroxylation is 1. The van der Waals surface area contributed by atoms with Gasteiger partial charge in [0.1, 0.15) is 0 Å². The van der Waals surface area contributed by atoms with Crippen molar-refractivity contribution in [3.05, 3.63) is 58.6 Å². The summed E-state index contributed by atoms with van der Waals surface area (Å²) in [5.74, 6) is 0. The van der Waals surface area contributed by atoms with Gasteiger partial charge in [-0.05, 0) is 41.2 Å². The zero-order valence-electron chi connectivity index (χ0n) is 11.4. The molecule has 0 amide bonds. The minimum Gasteiger partial charge on any atom is -0.0843 e. The Bertz CT molecular complexity index is 562. The van der Waals surface area contributed by atoms with Gasteiger partial charge in [0.2, 0.25) is 0 Å². The van der Waals surface area contributed by atoms with Crippen LogP contribution in [0.15, 0.2) is 42.5 Å². The maximum atomic E-state index is 6.06. The number of benzene rings is 2. The highest BCUT2D eigenvalue weighted by molar-refractivity contribution is 6.30. The molecule has 0 aliphatic rings. The first-order chi connectivity index (χ1) is 8.36. The first-order valence-corrected chi connectivity index (χ1v) is 6.62. The van der Waals surface area contributed by atoms with E-state index in [1.54, 1.807) is 0 Å². The number of rotatable bonds is 1. The van der Waals surface area contributed by atoms with Crippen molar-refractivity contribution < 1.29 is 0 Å². The van der Waals surface area contributed by atoms with Crippen LogP contribution in [0.2, 0.25) is 5.02 Å². The van der Waals surface area contributed by atoms with E-state index in [4.69, 9.17) is 11.6 Å². The lowest BCUT2D eigenvalue weighted by Crippen LogP contribution is -2.11. The van der Waals surface area contributed by atoms with Crippen LogP contribution in [0.4, 0.5) is 0 Å². The number of halogens is 1. The van der Waals surface area contributed by atoms with Crippen LogP contribution in [-0.2, 0) is 5.41 Å². The van der Waals surface area contributed by atoms with Crippen LogP contribution >= 0.6 is 11.6 Å². The molecule has 0 bridgehead atoms. The maximum Gasteiger partial charge on any atom is 0.0412 e. The molecule has 0 aliphatic heterocycles. The molecule has 0 N–H and O–H groups in total. The van der Waals surface area contributed by atoms with Crippen molar-refractivity contribution in [1.82, 2.24) is 0 Å². The first kappa shape index (κ1) is 13.2. The van der Waals surface area contributed by atoms with Crippen LogP contribution < -0.4 is 0 Å². The molecule has 18 heavy (non-hydrogen) atoms. The number of hydrogen-bond acceptors (Lipinski definition) is 0. The Kier molecular flexibility index (Phi) is 3.49. The molecule has 0 fully saturated rings. The Morgan fingerprint density at radius 3 is 2.22 bits per heavy atom. The maximum absolute atomic E-state index is 6.06. The van der Waals surface area contributed by atoms with E-state index in [9.17, 15) is 0 Å². The SMILES string of the molecule is Cc1cc(-c2cccc(Cl)c2)cc(C(C)(C)C)c1. The van der Waals surface area contributed by atoms with Crippen molar-refractivity contribution in [2.24, 2.45) is 0 Å². The van der Waals surface area contributed by atoms with Crippen LogP contribution in [0.1, 0.15) is 31.9 Å². The summed E-state index contributed by atoms with van der Waals surface area (Å²) in [6, 6.07) is 14.8. The van der Waals surface area contributed by atoms with Gasteiger partial charge in [0, 0.05) is 5.02 Å². The van der Waals surface area contributed by atoms with Gasteiger partial charge < -0.3 is 0 Å². The molecule has 0 atom stereocenters. The second-order valence-corrected chi connectivity index (χ2v) is 6.28. The van der Waals surface area contributed by atoms with Crippen molar-refractivity contribution >= 4 is 11.6 Å². The van der Waals surface area contributed by atoms with Crippen molar-refractivity contribution in [3.8, 4) is 11.1 Å². The van der Waals surface area contributed by atoms with E-state index in [-0.39, 0.29) is 5.41 Å². The molecule has 0 heterocycles. The second-order valence-electron chi connectivity index (χ2n) is 5.85. The lowest BCUT2D eigenvalue weighted by molar-refractivity contribution is 0.590. The fourth-order valence-electron chi connectivity index (χ4n) is 2.05. The highest BCUT2D eigenvalue weighted by Gasteiger charge is 2.15. The summed E-state index contributed by atoms with van der Waals surface area (Å²) in [5.41, 5.74) is 5.23. The summed E-state index contributed by atoms with van der Waals surface area (Å²) in [6.07, 6.45) is 0. The van der Waals surface area contributed by atoms with E-state index in [2.05, 4.69) is 52.0 Å². The largest absolute Gasteiger partial charge is 0.0843 e. The summed E-state index contributed by atoms with van der Waals surface area (Å²) in [7, 11) is 0. The van der Waals surface area contributed by atoms with E-state index in [0.717, 1.165) is 5.02 Å². The standard InChI is InChI=1S/C17H19Cl/c1-12-8-14(10-15(9-12)17(2,3)4)13-6-5-7-16(18)11-13/h5-11H,1-4H3. The summed E-state index contributed by atoms with van der Waals surface area (Å²) < 4.78 is 0.